The Morgan fingerprint density at radius 1 is 1.25 bits per heavy atom. The summed E-state index contributed by atoms with van der Waals surface area (Å²) in [5, 5.41) is 3.18. The Morgan fingerprint density at radius 2 is 2.07 bits per heavy atom. The fraction of sp³-hybridized carbons (Fsp3) is 0.333. The molecule has 1 aliphatic heterocycles. The Labute approximate surface area is 167 Å². The van der Waals surface area contributed by atoms with Gasteiger partial charge in [-0.1, -0.05) is 29.0 Å². The molecular weight excluding hydrogens is 374 g/mol. The van der Waals surface area contributed by atoms with Crippen LogP contribution in [-0.2, 0) is 4.79 Å². The van der Waals surface area contributed by atoms with E-state index in [4.69, 9.17) is 4.74 Å². The summed E-state index contributed by atoms with van der Waals surface area (Å²) < 4.78 is 6.97. The van der Waals surface area contributed by atoms with Gasteiger partial charge in [0.05, 0.1) is 16.8 Å². The Kier molecular flexibility index (Phi) is 5.34. The Balaban J connectivity index is 1.40. The minimum Gasteiger partial charge on any atom is -0.470 e. The van der Waals surface area contributed by atoms with Gasteiger partial charge in [-0.15, -0.1) is 0 Å². The molecule has 0 spiro atoms. The molecule has 2 heterocycles. The monoisotopic (exact) mass is 397 g/mol. The standard InChI is InChI=1S/C21H23N3O3S/c1-14-5-8-16(9-6-14)27-20-4-2-3-11-24(20)19(25)13-22-15-7-10-17-18(12-15)28-21(26)23-17/h5-10,12,20,22H,2-4,11,13H2,1H3,(H,23,26)/t20-/m1/s1. The van der Waals surface area contributed by atoms with Gasteiger partial charge in [-0.25, -0.2) is 0 Å². The Bertz CT molecular complexity index is 1030. The van der Waals surface area contributed by atoms with Gasteiger partial charge in [-0.3, -0.25) is 9.59 Å². The number of rotatable bonds is 5. The molecule has 0 unspecified atom stereocenters. The van der Waals surface area contributed by atoms with Gasteiger partial charge in [-0.05, 0) is 50.1 Å². The number of hydrogen-bond acceptors (Lipinski definition) is 5. The molecule has 1 amide bonds. The minimum absolute atomic E-state index is 0.0131. The smallest absolute Gasteiger partial charge is 0.305 e. The van der Waals surface area contributed by atoms with Crippen LogP contribution in [0, 0.1) is 6.92 Å². The number of ether oxygens (including phenoxy) is 1. The number of hydrogen-bond donors (Lipinski definition) is 2. The first-order valence-corrected chi connectivity index (χ1v) is 10.3. The molecule has 1 fully saturated rings. The zero-order chi connectivity index (χ0) is 19.5. The molecule has 4 rings (SSSR count). The van der Waals surface area contributed by atoms with Crippen molar-refractivity contribution in [1.29, 1.82) is 0 Å². The molecule has 2 N–H and O–H groups in total. The van der Waals surface area contributed by atoms with Crippen molar-refractivity contribution >= 4 is 33.1 Å². The van der Waals surface area contributed by atoms with Crippen molar-refractivity contribution in [1.82, 2.24) is 9.88 Å². The summed E-state index contributed by atoms with van der Waals surface area (Å²) in [6.45, 7) is 2.93. The normalized spacial score (nSPS) is 16.9. The van der Waals surface area contributed by atoms with E-state index in [2.05, 4.69) is 10.3 Å². The molecule has 1 aromatic heterocycles. The third-order valence-electron chi connectivity index (χ3n) is 4.93. The van der Waals surface area contributed by atoms with E-state index in [0.717, 1.165) is 52.3 Å². The number of fused-ring (bicyclic) bond motifs is 1. The lowest BCUT2D eigenvalue weighted by atomic mass is 10.1. The van der Waals surface area contributed by atoms with E-state index >= 15 is 0 Å². The molecule has 28 heavy (non-hydrogen) atoms. The van der Waals surface area contributed by atoms with Crippen molar-refractivity contribution in [3.63, 3.8) is 0 Å². The number of amides is 1. The second-order valence-corrected chi connectivity index (χ2v) is 8.06. The first-order chi connectivity index (χ1) is 13.6. The zero-order valence-electron chi connectivity index (χ0n) is 15.7. The molecule has 1 saturated heterocycles. The van der Waals surface area contributed by atoms with E-state index in [1.54, 1.807) is 0 Å². The van der Waals surface area contributed by atoms with Crippen LogP contribution in [0.4, 0.5) is 5.69 Å². The van der Waals surface area contributed by atoms with E-state index < -0.39 is 0 Å². The lowest BCUT2D eigenvalue weighted by molar-refractivity contribution is -0.140. The number of aromatic nitrogens is 1. The molecule has 7 heteroatoms. The van der Waals surface area contributed by atoms with Crippen LogP contribution in [0.5, 0.6) is 5.75 Å². The van der Waals surface area contributed by atoms with Crippen molar-refractivity contribution in [2.75, 3.05) is 18.4 Å². The Morgan fingerprint density at radius 3 is 2.89 bits per heavy atom. The molecule has 0 radical (unpaired) electrons. The van der Waals surface area contributed by atoms with Crippen molar-refractivity contribution in [2.45, 2.75) is 32.4 Å². The quantitative estimate of drug-likeness (QED) is 0.688. The Hall–Kier alpha value is -2.80. The average Bonchev–Trinajstić information content (AvgIpc) is 3.07. The summed E-state index contributed by atoms with van der Waals surface area (Å²) in [5.41, 5.74) is 2.82. The average molecular weight is 398 g/mol. The molecule has 146 valence electrons. The summed E-state index contributed by atoms with van der Waals surface area (Å²) in [4.78, 5) is 28.8. The topological polar surface area (TPSA) is 74.4 Å². The number of benzene rings is 2. The lowest BCUT2D eigenvalue weighted by Gasteiger charge is -2.35. The molecule has 0 bridgehead atoms. The molecule has 1 atom stereocenters. The maximum atomic E-state index is 12.8. The number of piperidine rings is 1. The molecule has 0 saturated carbocycles. The van der Waals surface area contributed by atoms with Crippen LogP contribution in [0.15, 0.2) is 47.3 Å². The molecular formula is C21H23N3O3S. The fourth-order valence-electron chi connectivity index (χ4n) is 3.42. The van der Waals surface area contributed by atoms with Crippen LogP contribution in [0.1, 0.15) is 24.8 Å². The minimum atomic E-state index is -0.233. The van der Waals surface area contributed by atoms with Gasteiger partial charge < -0.3 is 19.9 Å². The summed E-state index contributed by atoms with van der Waals surface area (Å²) in [5.74, 6) is 0.801. The first kappa shape index (κ1) is 18.6. The van der Waals surface area contributed by atoms with Crippen LogP contribution in [-0.4, -0.2) is 35.1 Å². The van der Waals surface area contributed by atoms with Crippen LogP contribution in [0.25, 0.3) is 10.2 Å². The van der Waals surface area contributed by atoms with Crippen molar-refractivity contribution < 1.29 is 9.53 Å². The molecule has 3 aromatic rings. The van der Waals surface area contributed by atoms with Gasteiger partial charge in [0, 0.05) is 18.7 Å². The number of aryl methyl sites for hydroxylation is 1. The van der Waals surface area contributed by atoms with Crippen LogP contribution in [0.3, 0.4) is 0 Å². The number of anilines is 1. The van der Waals surface area contributed by atoms with Crippen LogP contribution < -0.4 is 14.9 Å². The fourth-order valence-corrected chi connectivity index (χ4v) is 4.19. The van der Waals surface area contributed by atoms with Gasteiger partial charge in [0.25, 0.3) is 0 Å². The zero-order valence-corrected chi connectivity index (χ0v) is 16.6. The van der Waals surface area contributed by atoms with E-state index in [1.807, 2.05) is 54.3 Å². The predicted octanol–water partition coefficient (Wildman–Crippen LogP) is 3.73. The van der Waals surface area contributed by atoms with Gasteiger partial charge in [0.1, 0.15) is 5.75 Å². The van der Waals surface area contributed by atoms with Crippen molar-refractivity contribution in [3.05, 3.63) is 57.7 Å². The maximum absolute atomic E-state index is 12.8. The third-order valence-corrected chi connectivity index (χ3v) is 5.77. The number of likely N-dealkylation sites (tertiary alicyclic amines) is 1. The summed E-state index contributed by atoms with van der Waals surface area (Å²) in [7, 11) is 0. The highest BCUT2D eigenvalue weighted by Crippen LogP contribution is 2.23. The second-order valence-electron chi connectivity index (χ2n) is 7.05. The largest absolute Gasteiger partial charge is 0.470 e. The van der Waals surface area contributed by atoms with Gasteiger partial charge >= 0.3 is 4.87 Å². The highest BCUT2D eigenvalue weighted by atomic mass is 32.1. The van der Waals surface area contributed by atoms with Crippen LogP contribution in [0.2, 0.25) is 0 Å². The molecule has 2 aromatic carbocycles. The summed E-state index contributed by atoms with van der Waals surface area (Å²) in [6, 6.07) is 13.5. The van der Waals surface area contributed by atoms with Crippen LogP contribution >= 0.6 is 11.3 Å². The lowest BCUT2D eigenvalue weighted by Crippen LogP contribution is -2.48. The number of carbonyl (C=O) groups is 1. The predicted molar refractivity (Wildman–Crippen MR) is 112 cm³/mol. The van der Waals surface area contributed by atoms with E-state index in [9.17, 15) is 9.59 Å². The van der Waals surface area contributed by atoms with Crippen molar-refractivity contribution in [2.24, 2.45) is 0 Å². The third kappa shape index (κ3) is 4.20. The summed E-state index contributed by atoms with van der Waals surface area (Å²) in [6.07, 6.45) is 2.64. The number of H-pyrrole nitrogens is 1. The number of thiazole rings is 1. The van der Waals surface area contributed by atoms with Crippen molar-refractivity contribution in [3.8, 4) is 5.75 Å². The number of carbonyl (C=O) groups excluding carboxylic acids is 1. The van der Waals surface area contributed by atoms with Gasteiger partial charge in [0.15, 0.2) is 6.23 Å². The number of nitrogens with one attached hydrogen (secondary N) is 2. The molecule has 6 nitrogen and oxygen atoms in total. The summed E-state index contributed by atoms with van der Waals surface area (Å²) >= 11 is 1.16. The maximum Gasteiger partial charge on any atom is 0.305 e. The van der Waals surface area contributed by atoms with Gasteiger partial charge in [-0.2, -0.15) is 0 Å². The first-order valence-electron chi connectivity index (χ1n) is 9.48. The van der Waals surface area contributed by atoms with E-state index in [-0.39, 0.29) is 23.6 Å². The highest BCUT2D eigenvalue weighted by molar-refractivity contribution is 7.16. The molecule has 0 aliphatic carbocycles. The van der Waals surface area contributed by atoms with Gasteiger partial charge in [0.2, 0.25) is 5.91 Å². The highest BCUT2D eigenvalue weighted by Gasteiger charge is 2.28. The van der Waals surface area contributed by atoms with E-state index in [1.165, 1.54) is 5.56 Å². The molecule has 1 aliphatic rings. The SMILES string of the molecule is Cc1ccc(O[C@@H]2CCCCN2C(=O)CNc2ccc3[nH]c(=O)sc3c2)cc1. The number of nitrogens with zero attached hydrogens (tertiary/aromatic N) is 1. The van der Waals surface area contributed by atoms with E-state index in [0.29, 0.717) is 6.54 Å². The number of aromatic amines is 1. The second kappa shape index (κ2) is 8.06.